The Bertz CT molecular complexity index is 809. The number of methoxy groups -OCH3 is 1. The first-order valence-electron chi connectivity index (χ1n) is 10.7. The molecule has 1 amide bonds. The number of carbonyl (C=O) groups excluding carboxylic acids is 1. The normalized spacial score (nSPS) is 23.9. The maximum Gasteiger partial charge on any atom is 0.222 e. The highest BCUT2D eigenvalue weighted by molar-refractivity contribution is 5.76. The van der Waals surface area contributed by atoms with Gasteiger partial charge in [-0.2, -0.15) is 0 Å². The van der Waals surface area contributed by atoms with Crippen molar-refractivity contribution in [1.82, 2.24) is 14.8 Å². The lowest BCUT2D eigenvalue weighted by Crippen LogP contribution is -2.33. The SMILES string of the molecule is COc1ccc([C@H]2[C@@H]3CN(C(=O)CCCCc4cccnc4)C[C@@H]3CN2C)cc1. The number of likely N-dealkylation sites (tertiary alicyclic amines) is 2. The number of hydrogen-bond acceptors (Lipinski definition) is 4. The standard InChI is InChI=1S/C24H31N3O2/c1-26-15-20-16-27(23(28)8-4-3-6-18-7-5-13-25-14-18)17-22(20)24(26)19-9-11-21(29-2)12-10-19/h5,7,9-14,20,22,24H,3-4,6,8,15-17H2,1-2H3/t20-,22+,24-/m0/s1. The van der Waals surface area contributed by atoms with Gasteiger partial charge in [0.05, 0.1) is 7.11 Å². The van der Waals surface area contributed by atoms with E-state index in [1.54, 1.807) is 13.3 Å². The first kappa shape index (κ1) is 19.9. The zero-order valence-corrected chi connectivity index (χ0v) is 17.5. The lowest BCUT2D eigenvalue weighted by atomic mass is 9.89. The smallest absolute Gasteiger partial charge is 0.222 e. The lowest BCUT2D eigenvalue weighted by Gasteiger charge is -2.27. The molecule has 5 heteroatoms. The van der Waals surface area contributed by atoms with E-state index in [-0.39, 0.29) is 0 Å². The van der Waals surface area contributed by atoms with Gasteiger partial charge in [0.25, 0.3) is 0 Å². The van der Waals surface area contributed by atoms with E-state index in [4.69, 9.17) is 4.74 Å². The number of rotatable bonds is 7. The van der Waals surface area contributed by atoms with Gasteiger partial charge in [0, 0.05) is 50.4 Å². The van der Waals surface area contributed by atoms with Crippen molar-refractivity contribution in [2.75, 3.05) is 33.8 Å². The van der Waals surface area contributed by atoms with Crippen molar-refractivity contribution < 1.29 is 9.53 Å². The van der Waals surface area contributed by atoms with Gasteiger partial charge in [-0.05, 0) is 61.6 Å². The van der Waals surface area contributed by atoms with Gasteiger partial charge in [0.15, 0.2) is 0 Å². The molecule has 1 aromatic carbocycles. The van der Waals surface area contributed by atoms with Crippen LogP contribution in [0, 0.1) is 11.8 Å². The number of unbranched alkanes of at least 4 members (excludes halogenated alkanes) is 1. The topological polar surface area (TPSA) is 45.7 Å². The van der Waals surface area contributed by atoms with E-state index >= 15 is 0 Å². The summed E-state index contributed by atoms with van der Waals surface area (Å²) in [5.41, 5.74) is 2.58. The van der Waals surface area contributed by atoms with Crippen molar-refractivity contribution in [1.29, 1.82) is 0 Å². The van der Waals surface area contributed by atoms with Gasteiger partial charge < -0.3 is 9.64 Å². The minimum Gasteiger partial charge on any atom is -0.497 e. The fourth-order valence-corrected chi connectivity index (χ4v) is 5.07. The van der Waals surface area contributed by atoms with E-state index in [9.17, 15) is 4.79 Å². The number of benzene rings is 1. The van der Waals surface area contributed by atoms with Crippen molar-refractivity contribution >= 4 is 5.91 Å². The van der Waals surface area contributed by atoms with E-state index in [1.807, 2.05) is 24.4 Å². The maximum atomic E-state index is 12.8. The lowest BCUT2D eigenvalue weighted by molar-refractivity contribution is -0.130. The molecular weight excluding hydrogens is 362 g/mol. The molecule has 2 aromatic rings. The van der Waals surface area contributed by atoms with Crippen LogP contribution in [0.4, 0.5) is 0 Å². The molecule has 0 N–H and O–H groups in total. The Balaban J connectivity index is 1.30. The molecule has 1 aromatic heterocycles. The zero-order chi connectivity index (χ0) is 20.2. The van der Waals surface area contributed by atoms with Crippen LogP contribution in [-0.4, -0.2) is 54.5 Å². The number of aromatic nitrogens is 1. The molecule has 2 fully saturated rings. The number of fused-ring (bicyclic) bond motifs is 1. The number of amides is 1. The summed E-state index contributed by atoms with van der Waals surface area (Å²) in [6, 6.07) is 12.9. The van der Waals surface area contributed by atoms with Crippen molar-refractivity contribution in [2.45, 2.75) is 31.7 Å². The van der Waals surface area contributed by atoms with Crippen molar-refractivity contribution in [2.24, 2.45) is 11.8 Å². The summed E-state index contributed by atoms with van der Waals surface area (Å²) in [5.74, 6) is 2.31. The average molecular weight is 394 g/mol. The zero-order valence-electron chi connectivity index (χ0n) is 17.5. The van der Waals surface area contributed by atoms with Crippen LogP contribution in [0.3, 0.4) is 0 Å². The van der Waals surface area contributed by atoms with E-state index in [0.29, 0.717) is 30.2 Å². The summed E-state index contributed by atoms with van der Waals surface area (Å²) in [5, 5.41) is 0. The first-order chi connectivity index (χ1) is 14.2. The van der Waals surface area contributed by atoms with Gasteiger partial charge >= 0.3 is 0 Å². The van der Waals surface area contributed by atoms with Gasteiger partial charge in [-0.15, -0.1) is 0 Å². The molecule has 2 aliphatic rings. The predicted molar refractivity (Wildman–Crippen MR) is 114 cm³/mol. The highest BCUT2D eigenvalue weighted by Crippen LogP contribution is 2.44. The Morgan fingerprint density at radius 1 is 1.14 bits per heavy atom. The molecule has 3 atom stereocenters. The van der Waals surface area contributed by atoms with Crippen LogP contribution in [0.15, 0.2) is 48.8 Å². The number of hydrogen-bond donors (Lipinski definition) is 0. The largest absolute Gasteiger partial charge is 0.497 e. The first-order valence-corrected chi connectivity index (χ1v) is 10.7. The second-order valence-electron chi connectivity index (χ2n) is 8.45. The second kappa shape index (κ2) is 8.95. The molecule has 154 valence electrons. The van der Waals surface area contributed by atoms with Gasteiger partial charge in [0.2, 0.25) is 5.91 Å². The molecule has 3 heterocycles. The molecule has 2 aliphatic heterocycles. The molecule has 0 aliphatic carbocycles. The molecule has 5 nitrogen and oxygen atoms in total. The monoisotopic (exact) mass is 393 g/mol. The number of aryl methyl sites for hydroxylation is 1. The summed E-state index contributed by atoms with van der Waals surface area (Å²) >= 11 is 0. The van der Waals surface area contributed by atoms with Crippen LogP contribution in [-0.2, 0) is 11.2 Å². The van der Waals surface area contributed by atoms with Crippen LogP contribution in [0.25, 0.3) is 0 Å². The van der Waals surface area contributed by atoms with Crippen LogP contribution in [0.1, 0.15) is 36.4 Å². The summed E-state index contributed by atoms with van der Waals surface area (Å²) in [6.45, 7) is 2.85. The van der Waals surface area contributed by atoms with Crippen molar-refractivity contribution in [3.63, 3.8) is 0 Å². The molecular formula is C24H31N3O2. The Morgan fingerprint density at radius 3 is 2.69 bits per heavy atom. The Morgan fingerprint density at radius 2 is 1.97 bits per heavy atom. The molecule has 0 radical (unpaired) electrons. The van der Waals surface area contributed by atoms with Crippen LogP contribution >= 0.6 is 0 Å². The molecule has 29 heavy (non-hydrogen) atoms. The quantitative estimate of drug-likeness (QED) is 0.675. The average Bonchev–Trinajstić information content (AvgIpc) is 3.28. The molecule has 0 bridgehead atoms. The molecule has 4 rings (SSSR count). The number of nitrogens with zero attached hydrogens (tertiary/aromatic N) is 3. The van der Waals surface area contributed by atoms with Gasteiger partial charge in [0.1, 0.15) is 5.75 Å². The number of ether oxygens (including phenoxy) is 1. The Kier molecular flexibility index (Phi) is 6.14. The highest BCUT2D eigenvalue weighted by atomic mass is 16.5. The molecule has 2 saturated heterocycles. The van der Waals surface area contributed by atoms with Crippen molar-refractivity contribution in [3.8, 4) is 5.75 Å². The molecule has 0 saturated carbocycles. The van der Waals surface area contributed by atoms with Gasteiger partial charge in [-0.3, -0.25) is 14.7 Å². The van der Waals surface area contributed by atoms with Crippen LogP contribution in [0.5, 0.6) is 5.75 Å². The van der Waals surface area contributed by atoms with Crippen molar-refractivity contribution in [3.05, 3.63) is 59.9 Å². The molecule has 0 unspecified atom stereocenters. The van der Waals surface area contributed by atoms with E-state index in [0.717, 1.165) is 44.6 Å². The van der Waals surface area contributed by atoms with E-state index < -0.39 is 0 Å². The predicted octanol–water partition coefficient (Wildman–Crippen LogP) is 3.56. The van der Waals surface area contributed by atoms with Gasteiger partial charge in [-0.25, -0.2) is 0 Å². The van der Waals surface area contributed by atoms with Gasteiger partial charge in [-0.1, -0.05) is 18.2 Å². The minimum atomic E-state index is 0.321. The third-order valence-electron chi connectivity index (χ3n) is 6.53. The number of carbonyl (C=O) groups is 1. The Labute approximate surface area is 173 Å². The van der Waals surface area contributed by atoms with Crippen LogP contribution in [0.2, 0.25) is 0 Å². The summed E-state index contributed by atoms with van der Waals surface area (Å²) < 4.78 is 5.30. The molecule has 0 spiro atoms. The third-order valence-corrected chi connectivity index (χ3v) is 6.53. The third kappa shape index (κ3) is 4.45. The summed E-state index contributed by atoms with van der Waals surface area (Å²) in [6.07, 6.45) is 7.35. The summed E-state index contributed by atoms with van der Waals surface area (Å²) in [4.78, 5) is 21.5. The van der Waals surface area contributed by atoms with E-state index in [1.165, 1.54) is 11.1 Å². The highest BCUT2D eigenvalue weighted by Gasteiger charge is 2.46. The summed E-state index contributed by atoms with van der Waals surface area (Å²) in [7, 11) is 3.90. The Hall–Kier alpha value is -2.40. The van der Waals surface area contributed by atoms with E-state index in [2.05, 4.69) is 40.0 Å². The maximum absolute atomic E-state index is 12.8. The second-order valence-corrected chi connectivity index (χ2v) is 8.45. The number of pyridine rings is 1. The fraction of sp³-hybridized carbons (Fsp3) is 0.500. The fourth-order valence-electron chi connectivity index (χ4n) is 5.07. The minimum absolute atomic E-state index is 0.321. The van der Waals surface area contributed by atoms with Crippen LogP contribution < -0.4 is 4.74 Å².